The van der Waals surface area contributed by atoms with Gasteiger partial charge < -0.3 is 10.3 Å². The summed E-state index contributed by atoms with van der Waals surface area (Å²) in [6.45, 7) is 21.5. The molecule has 0 saturated carbocycles. The maximum atomic E-state index is 6.08. The fourth-order valence-corrected chi connectivity index (χ4v) is 4.44. The molecule has 0 radical (unpaired) electrons. The van der Waals surface area contributed by atoms with Crippen molar-refractivity contribution in [3.8, 4) is 0 Å². The molecule has 4 aromatic carbocycles. The lowest BCUT2D eigenvalue weighted by molar-refractivity contribution is 0.356. The van der Waals surface area contributed by atoms with Crippen molar-refractivity contribution in [2.45, 2.75) is 59.9 Å². The van der Waals surface area contributed by atoms with Crippen LogP contribution in [0.5, 0.6) is 0 Å². The molecule has 0 bridgehead atoms. The molecule has 0 aliphatic carbocycles. The fraction of sp³-hybridized carbons (Fsp3) is 0.256. The fourth-order valence-electron chi connectivity index (χ4n) is 4.44. The van der Waals surface area contributed by atoms with Gasteiger partial charge in [0, 0.05) is 19.3 Å². The van der Waals surface area contributed by atoms with Gasteiger partial charge >= 0.3 is 0 Å². The van der Waals surface area contributed by atoms with Gasteiger partial charge in [0.15, 0.2) is 0 Å². The highest BCUT2D eigenvalue weighted by Crippen LogP contribution is 2.39. The zero-order valence-corrected chi connectivity index (χ0v) is 26.3. The van der Waals surface area contributed by atoms with Crippen molar-refractivity contribution in [3.05, 3.63) is 162 Å². The van der Waals surface area contributed by atoms with Crippen LogP contribution in [0.1, 0.15) is 69.4 Å². The van der Waals surface area contributed by atoms with Crippen molar-refractivity contribution in [1.29, 1.82) is 5.41 Å². The van der Waals surface area contributed by atoms with E-state index < -0.39 is 0 Å². The van der Waals surface area contributed by atoms with Crippen LogP contribution in [0.2, 0.25) is 0 Å². The van der Waals surface area contributed by atoms with Gasteiger partial charge in [0.1, 0.15) is 0 Å². The number of likely N-dealkylation sites (N-methyl/N-ethyl adjacent to an activating group) is 1. The first-order chi connectivity index (χ1) is 19.8. The van der Waals surface area contributed by atoms with Crippen molar-refractivity contribution in [2.75, 3.05) is 7.05 Å². The molecule has 2 heteroatoms. The Morgan fingerprint density at radius 3 is 1.56 bits per heavy atom. The van der Waals surface area contributed by atoms with Crippen LogP contribution in [0.25, 0.3) is 5.57 Å². The highest BCUT2D eigenvalue weighted by Gasteiger charge is 2.34. The van der Waals surface area contributed by atoms with Gasteiger partial charge in [-0.1, -0.05) is 149 Å². The number of hydrogen-bond acceptors (Lipinski definition) is 2. The van der Waals surface area contributed by atoms with Gasteiger partial charge in [-0.2, -0.15) is 0 Å². The Balaban J connectivity index is 0.000000539. The average molecular weight is 547 g/mol. The number of benzene rings is 4. The van der Waals surface area contributed by atoms with E-state index in [-0.39, 0.29) is 5.41 Å². The van der Waals surface area contributed by atoms with E-state index in [1.165, 1.54) is 34.0 Å². The minimum atomic E-state index is -0.302. The summed E-state index contributed by atoms with van der Waals surface area (Å²) in [6.07, 6.45) is 2.39. The molecular weight excluding hydrogens is 496 g/mol. The lowest BCUT2D eigenvalue weighted by Crippen LogP contribution is -2.34. The van der Waals surface area contributed by atoms with E-state index in [0.717, 1.165) is 24.2 Å². The van der Waals surface area contributed by atoms with Crippen LogP contribution >= 0.6 is 0 Å². The largest absolute Gasteiger partial charge is 0.373 e. The summed E-state index contributed by atoms with van der Waals surface area (Å²) in [7, 11) is 2.12. The molecular formula is C39H50N2. The van der Waals surface area contributed by atoms with Gasteiger partial charge in [-0.25, -0.2) is 0 Å². The second-order valence-corrected chi connectivity index (χ2v) is 9.77. The molecule has 0 aliphatic rings. The Bertz CT molecular complexity index is 1250. The summed E-state index contributed by atoms with van der Waals surface area (Å²) < 4.78 is 0. The van der Waals surface area contributed by atoms with Crippen LogP contribution in [0, 0.1) is 5.41 Å². The van der Waals surface area contributed by atoms with Gasteiger partial charge in [0.25, 0.3) is 0 Å². The van der Waals surface area contributed by atoms with Crippen LogP contribution in [0.15, 0.2) is 134 Å². The maximum absolute atomic E-state index is 6.08. The molecule has 0 fully saturated rings. The highest BCUT2D eigenvalue weighted by atomic mass is 15.1. The third-order valence-corrected chi connectivity index (χ3v) is 6.83. The maximum Gasteiger partial charge on any atom is 0.0566 e. The average Bonchev–Trinajstić information content (AvgIpc) is 3.03. The molecule has 2 nitrogen and oxygen atoms in total. The topological polar surface area (TPSA) is 27.1 Å². The standard InChI is InChI=1S/C27H29N.C8H10.C2H5N.C2H6/c1-21(2)24-14-12-13-23(19-24)20-28(5)22(3)27(4,25-15-8-6-9-16-25)26-17-10-7-11-18-26;1-2-8-6-4-3-5-7-8;1-2-3;1-2/h6-19H,1,3,20H2,2,4-5H3;3-7H,2H2,1H3;2-3H,1H3;1-2H3. The van der Waals surface area contributed by atoms with Crippen molar-refractivity contribution < 1.29 is 0 Å². The van der Waals surface area contributed by atoms with Crippen LogP contribution < -0.4 is 0 Å². The van der Waals surface area contributed by atoms with Crippen LogP contribution in [0.3, 0.4) is 0 Å². The summed E-state index contributed by atoms with van der Waals surface area (Å²) in [5, 5.41) is 6.08. The summed E-state index contributed by atoms with van der Waals surface area (Å²) >= 11 is 0. The molecule has 4 aromatic rings. The molecule has 4 rings (SSSR count). The minimum Gasteiger partial charge on any atom is -0.373 e. The Labute approximate surface area is 250 Å². The molecule has 41 heavy (non-hydrogen) atoms. The van der Waals surface area contributed by atoms with Crippen LogP contribution in [-0.2, 0) is 18.4 Å². The second kappa shape index (κ2) is 19.0. The monoisotopic (exact) mass is 546 g/mol. The van der Waals surface area contributed by atoms with E-state index in [2.05, 4.69) is 148 Å². The molecule has 0 spiro atoms. The van der Waals surface area contributed by atoms with Crippen molar-refractivity contribution in [2.24, 2.45) is 0 Å². The lowest BCUT2D eigenvalue weighted by atomic mass is 9.73. The SMILES string of the molecule is C=C(C)c1cccc(CN(C)C(=C)C(C)(c2ccccc2)c2ccccc2)c1.CC.CC=N.CCc1ccccc1. The summed E-state index contributed by atoms with van der Waals surface area (Å²) in [5.74, 6) is 0. The number of rotatable bonds is 8. The third kappa shape index (κ3) is 10.7. The van der Waals surface area contributed by atoms with E-state index in [1.807, 2.05) is 26.8 Å². The molecule has 0 saturated heterocycles. The van der Waals surface area contributed by atoms with Gasteiger partial charge in [-0.15, -0.1) is 0 Å². The molecule has 0 atom stereocenters. The molecule has 216 valence electrons. The number of allylic oxidation sites excluding steroid dienone is 2. The Hall–Kier alpha value is -4.17. The Kier molecular flexibility index (Phi) is 16.2. The van der Waals surface area contributed by atoms with Crippen LogP contribution in [0.4, 0.5) is 0 Å². The van der Waals surface area contributed by atoms with Crippen molar-refractivity contribution in [3.63, 3.8) is 0 Å². The van der Waals surface area contributed by atoms with Gasteiger partial charge in [-0.3, -0.25) is 0 Å². The molecule has 0 aromatic heterocycles. The Morgan fingerprint density at radius 1 is 0.756 bits per heavy atom. The second-order valence-electron chi connectivity index (χ2n) is 9.77. The minimum absolute atomic E-state index is 0.302. The van der Waals surface area contributed by atoms with E-state index in [1.54, 1.807) is 6.92 Å². The molecule has 1 N–H and O–H groups in total. The first-order valence-electron chi connectivity index (χ1n) is 14.5. The van der Waals surface area contributed by atoms with E-state index in [9.17, 15) is 0 Å². The highest BCUT2D eigenvalue weighted by molar-refractivity contribution is 5.61. The molecule has 0 heterocycles. The smallest absolute Gasteiger partial charge is 0.0566 e. The molecule has 0 unspecified atom stereocenters. The third-order valence-electron chi connectivity index (χ3n) is 6.83. The molecule has 0 aliphatic heterocycles. The zero-order valence-electron chi connectivity index (χ0n) is 26.3. The van der Waals surface area contributed by atoms with E-state index in [0.29, 0.717) is 0 Å². The van der Waals surface area contributed by atoms with E-state index >= 15 is 0 Å². The summed E-state index contributed by atoms with van der Waals surface area (Å²) in [5.41, 5.74) is 8.20. The Morgan fingerprint density at radius 2 is 1.17 bits per heavy atom. The molecule has 0 amide bonds. The van der Waals surface area contributed by atoms with E-state index in [4.69, 9.17) is 5.41 Å². The number of nitrogens with one attached hydrogen (secondary N) is 1. The lowest BCUT2D eigenvalue weighted by Gasteiger charge is -2.38. The zero-order chi connectivity index (χ0) is 30.7. The predicted molar refractivity (Wildman–Crippen MR) is 183 cm³/mol. The van der Waals surface area contributed by atoms with Crippen LogP contribution in [-0.4, -0.2) is 18.2 Å². The van der Waals surface area contributed by atoms with Gasteiger partial charge in [0.2, 0.25) is 0 Å². The predicted octanol–water partition coefficient (Wildman–Crippen LogP) is 10.6. The normalized spacial score (nSPS) is 9.83. The first kappa shape index (κ1) is 34.9. The van der Waals surface area contributed by atoms with Gasteiger partial charge in [0.05, 0.1) is 5.41 Å². The van der Waals surface area contributed by atoms with Crippen molar-refractivity contribution in [1.82, 2.24) is 4.90 Å². The number of aryl methyl sites for hydroxylation is 1. The number of nitrogens with zero attached hydrogens (tertiary/aromatic N) is 1. The summed E-state index contributed by atoms with van der Waals surface area (Å²) in [4.78, 5) is 2.26. The number of hydrogen-bond donors (Lipinski definition) is 1. The van der Waals surface area contributed by atoms with Crippen molar-refractivity contribution >= 4 is 11.8 Å². The first-order valence-corrected chi connectivity index (χ1v) is 14.5. The summed E-state index contributed by atoms with van der Waals surface area (Å²) in [6, 6.07) is 40.3. The quantitative estimate of drug-likeness (QED) is 0.219. The van der Waals surface area contributed by atoms with Gasteiger partial charge in [-0.05, 0) is 67.3 Å².